The maximum Gasteiger partial charge on any atom is 0.301 e. The van der Waals surface area contributed by atoms with Crippen LogP contribution in [-0.2, 0) is 21.9 Å². The zero-order valence-corrected chi connectivity index (χ0v) is 27.8. The molecule has 0 radical (unpaired) electrons. The lowest BCUT2D eigenvalue weighted by Crippen LogP contribution is -2.29. The van der Waals surface area contributed by atoms with Gasteiger partial charge in [-0.1, -0.05) is 105 Å². The summed E-state index contributed by atoms with van der Waals surface area (Å²) < 4.78 is 7.32. The van der Waals surface area contributed by atoms with Crippen LogP contribution in [0, 0.1) is 6.92 Å². The Morgan fingerprint density at radius 1 is 0.978 bits per heavy atom. The van der Waals surface area contributed by atoms with E-state index in [9.17, 15) is 14.7 Å². The second kappa shape index (κ2) is 13.6. The van der Waals surface area contributed by atoms with Crippen LogP contribution in [0.4, 0.5) is 5.13 Å². The molecule has 5 aromatic rings. The van der Waals surface area contributed by atoms with Crippen molar-refractivity contribution < 1.29 is 19.4 Å². The van der Waals surface area contributed by atoms with Gasteiger partial charge in [0, 0.05) is 20.8 Å². The van der Waals surface area contributed by atoms with Gasteiger partial charge in [-0.05, 0) is 72.1 Å². The van der Waals surface area contributed by atoms with Crippen LogP contribution in [0.3, 0.4) is 0 Å². The number of thioether (sulfide) groups is 1. The van der Waals surface area contributed by atoms with Crippen LogP contribution in [0.25, 0.3) is 5.76 Å². The van der Waals surface area contributed by atoms with Crippen LogP contribution in [0.5, 0.6) is 5.75 Å². The number of hydrogen-bond donors (Lipinski definition) is 1. The van der Waals surface area contributed by atoms with E-state index in [-0.39, 0.29) is 16.5 Å². The number of halogens is 2. The molecule has 2 heterocycles. The summed E-state index contributed by atoms with van der Waals surface area (Å²) in [6.45, 7) is 2.42. The fourth-order valence-corrected chi connectivity index (χ4v) is 7.31. The van der Waals surface area contributed by atoms with Crippen molar-refractivity contribution in [2.45, 2.75) is 29.7 Å². The largest absolute Gasteiger partial charge is 0.507 e. The minimum atomic E-state index is -0.915. The van der Waals surface area contributed by atoms with Crippen LogP contribution < -0.4 is 9.64 Å². The summed E-state index contributed by atoms with van der Waals surface area (Å²) in [5, 5.41) is 21.0. The molecule has 0 bridgehead atoms. The summed E-state index contributed by atoms with van der Waals surface area (Å²) in [7, 11) is 0. The maximum atomic E-state index is 13.6. The first-order valence-electron chi connectivity index (χ1n) is 13.8. The number of aryl methyl sites for hydroxylation is 1. The number of hydrogen-bond acceptors (Lipinski definition) is 8. The Bertz CT molecular complexity index is 1910. The third kappa shape index (κ3) is 6.99. The highest BCUT2D eigenvalue weighted by Gasteiger charge is 2.48. The first-order valence-corrected chi connectivity index (χ1v) is 16.8. The van der Waals surface area contributed by atoms with E-state index >= 15 is 0 Å². The molecule has 1 unspecified atom stereocenters. The molecule has 11 heteroatoms. The highest BCUT2D eigenvalue weighted by molar-refractivity contribution is 9.10. The second-order valence-electron chi connectivity index (χ2n) is 10.3. The Labute approximate surface area is 281 Å². The lowest BCUT2D eigenvalue weighted by Gasteiger charge is -2.22. The highest BCUT2D eigenvalue weighted by Crippen LogP contribution is 2.44. The van der Waals surface area contributed by atoms with Gasteiger partial charge in [0.2, 0.25) is 5.13 Å². The van der Waals surface area contributed by atoms with Gasteiger partial charge in [-0.25, -0.2) is 0 Å². The number of carbonyl (C=O) groups is 2. The van der Waals surface area contributed by atoms with Crippen molar-refractivity contribution in [2.75, 3.05) is 4.90 Å². The van der Waals surface area contributed by atoms with Crippen LogP contribution in [-0.4, -0.2) is 27.0 Å². The van der Waals surface area contributed by atoms with Crippen molar-refractivity contribution in [3.8, 4) is 5.75 Å². The normalized spacial score (nSPS) is 15.9. The quantitative estimate of drug-likeness (QED) is 0.0536. The minimum absolute atomic E-state index is 0.0305. The molecule has 1 fully saturated rings. The van der Waals surface area contributed by atoms with Crippen LogP contribution in [0.1, 0.15) is 33.9 Å². The highest BCUT2D eigenvalue weighted by atomic mass is 79.9. The molecule has 7 nitrogen and oxygen atoms in total. The number of amides is 1. The van der Waals surface area contributed by atoms with Gasteiger partial charge in [0.15, 0.2) is 4.34 Å². The van der Waals surface area contributed by atoms with E-state index in [0.717, 1.165) is 21.2 Å². The molecule has 1 amide bonds. The van der Waals surface area contributed by atoms with E-state index in [0.29, 0.717) is 38.6 Å². The third-order valence-electron chi connectivity index (χ3n) is 7.10. The van der Waals surface area contributed by atoms with E-state index in [1.165, 1.54) is 28.0 Å². The minimum Gasteiger partial charge on any atom is -0.507 e. The third-order valence-corrected chi connectivity index (χ3v) is 9.97. The fourth-order valence-electron chi connectivity index (χ4n) is 4.94. The van der Waals surface area contributed by atoms with Gasteiger partial charge in [-0.2, -0.15) is 0 Å². The number of carbonyl (C=O) groups excluding carboxylic acids is 2. The molecule has 0 spiro atoms. The van der Waals surface area contributed by atoms with Crippen LogP contribution in [0.15, 0.2) is 111 Å². The first-order chi connectivity index (χ1) is 21.8. The monoisotopic (exact) mass is 717 g/mol. The van der Waals surface area contributed by atoms with Gasteiger partial charge >= 0.3 is 5.91 Å². The van der Waals surface area contributed by atoms with E-state index in [1.54, 1.807) is 30.3 Å². The van der Waals surface area contributed by atoms with Crippen LogP contribution >= 0.6 is 50.6 Å². The number of aromatic nitrogens is 2. The lowest BCUT2D eigenvalue weighted by atomic mass is 9.95. The smallest absolute Gasteiger partial charge is 0.301 e. The molecule has 45 heavy (non-hydrogen) atoms. The Morgan fingerprint density at radius 3 is 2.47 bits per heavy atom. The number of rotatable bonds is 9. The van der Waals surface area contributed by atoms with E-state index in [1.807, 2.05) is 67.6 Å². The van der Waals surface area contributed by atoms with Crippen molar-refractivity contribution >= 4 is 73.2 Å². The predicted octanol–water partition coefficient (Wildman–Crippen LogP) is 8.76. The standard InChI is InChI=1S/C34H25BrClN3O4S2/c1-20-4-2-5-22(16-20)18-43-27-14-10-23(11-15-27)30(40)28-29(24-6-3-7-25(35)17-24)39(32(42)31(28)41)33-37-38-34(45-33)44-19-21-8-12-26(36)13-9-21/h2-17,29,40H,18-19H2,1H3. The molecule has 1 aliphatic heterocycles. The van der Waals surface area contributed by atoms with Gasteiger partial charge < -0.3 is 9.84 Å². The van der Waals surface area contributed by atoms with Gasteiger partial charge in [0.05, 0.1) is 11.6 Å². The summed E-state index contributed by atoms with van der Waals surface area (Å²) in [5.74, 6) is -0.639. The summed E-state index contributed by atoms with van der Waals surface area (Å²) >= 11 is 12.2. The van der Waals surface area contributed by atoms with Crippen LogP contribution in [0.2, 0.25) is 5.02 Å². The molecule has 0 saturated carbocycles. The Morgan fingerprint density at radius 2 is 1.73 bits per heavy atom. The zero-order valence-electron chi connectivity index (χ0n) is 23.8. The average molecular weight is 719 g/mol. The topological polar surface area (TPSA) is 92.6 Å². The molecule has 4 aromatic carbocycles. The number of aliphatic hydroxyl groups excluding tert-OH is 1. The van der Waals surface area contributed by atoms with Crippen molar-refractivity contribution in [2.24, 2.45) is 0 Å². The van der Waals surface area contributed by atoms with E-state index in [2.05, 4.69) is 32.2 Å². The maximum absolute atomic E-state index is 13.6. The Hall–Kier alpha value is -3.96. The zero-order chi connectivity index (χ0) is 31.5. The molecule has 1 N–H and O–H groups in total. The molecule has 1 saturated heterocycles. The van der Waals surface area contributed by atoms with Gasteiger partial charge in [-0.15, -0.1) is 10.2 Å². The molecule has 226 valence electrons. The lowest BCUT2D eigenvalue weighted by molar-refractivity contribution is -0.132. The second-order valence-corrected chi connectivity index (χ2v) is 13.8. The number of ether oxygens (including phenoxy) is 1. The number of Topliss-reactive ketones (excluding diaryl/α,β-unsaturated/α-hetero) is 1. The van der Waals surface area contributed by atoms with Crippen molar-refractivity contribution in [1.82, 2.24) is 10.2 Å². The number of nitrogens with zero attached hydrogens (tertiary/aromatic N) is 3. The summed E-state index contributed by atoms with van der Waals surface area (Å²) in [6, 6.07) is 28.7. The number of ketones is 1. The molecule has 6 rings (SSSR count). The molecular formula is C34H25BrClN3O4S2. The van der Waals surface area contributed by atoms with Crippen molar-refractivity contribution in [1.29, 1.82) is 0 Å². The fraction of sp³-hybridized carbons (Fsp3) is 0.118. The van der Waals surface area contributed by atoms with Crippen molar-refractivity contribution in [3.63, 3.8) is 0 Å². The first kappa shape index (κ1) is 31.0. The van der Waals surface area contributed by atoms with Gasteiger partial charge in [-0.3, -0.25) is 14.5 Å². The van der Waals surface area contributed by atoms with Gasteiger partial charge in [0.1, 0.15) is 18.1 Å². The summed E-state index contributed by atoms with van der Waals surface area (Å²) in [5.41, 5.74) is 4.23. The summed E-state index contributed by atoms with van der Waals surface area (Å²) in [6.07, 6.45) is 0. The molecule has 0 aliphatic carbocycles. The number of benzene rings is 4. The average Bonchev–Trinajstić information content (AvgIpc) is 3.61. The predicted molar refractivity (Wildman–Crippen MR) is 182 cm³/mol. The van der Waals surface area contributed by atoms with E-state index < -0.39 is 17.7 Å². The van der Waals surface area contributed by atoms with Crippen molar-refractivity contribution in [3.05, 3.63) is 140 Å². The number of aliphatic hydroxyl groups is 1. The molecule has 1 atom stereocenters. The molecular weight excluding hydrogens is 694 g/mol. The molecule has 1 aliphatic rings. The van der Waals surface area contributed by atoms with Gasteiger partial charge in [0.25, 0.3) is 5.78 Å². The SMILES string of the molecule is Cc1cccc(COc2ccc(C(O)=C3C(=O)C(=O)N(c4nnc(SCc5ccc(Cl)cc5)s4)C3c3cccc(Br)c3)cc2)c1. The van der Waals surface area contributed by atoms with E-state index in [4.69, 9.17) is 16.3 Å². The molecule has 1 aromatic heterocycles. The Balaban J connectivity index is 1.29. The summed E-state index contributed by atoms with van der Waals surface area (Å²) in [4.78, 5) is 28.4. The number of anilines is 1. The Kier molecular flexibility index (Phi) is 9.37.